The van der Waals surface area contributed by atoms with Gasteiger partial charge in [-0.1, -0.05) is 0 Å². The van der Waals surface area contributed by atoms with E-state index in [9.17, 15) is 0 Å². The van der Waals surface area contributed by atoms with Crippen molar-refractivity contribution in [3.05, 3.63) is 28.9 Å². The van der Waals surface area contributed by atoms with Gasteiger partial charge in [0.05, 0.1) is 18.6 Å². The molecule has 0 saturated carbocycles. The molecule has 4 heteroatoms. The Labute approximate surface area is 109 Å². The van der Waals surface area contributed by atoms with Crippen molar-refractivity contribution in [2.45, 2.75) is 13.8 Å². The molecule has 1 aromatic carbocycles. The van der Waals surface area contributed by atoms with Crippen molar-refractivity contribution in [1.29, 1.82) is 0 Å². The molecule has 2 aromatic rings. The van der Waals surface area contributed by atoms with Crippen LogP contribution in [-0.2, 0) is 0 Å². The zero-order valence-electron chi connectivity index (χ0n) is 9.87. The third kappa shape index (κ3) is 2.36. The smallest absolute Gasteiger partial charge is 0.145 e. The van der Waals surface area contributed by atoms with Crippen LogP contribution in [0, 0.1) is 0 Å². The van der Waals surface area contributed by atoms with Crippen molar-refractivity contribution in [3.8, 4) is 11.5 Å². The average molecular weight is 296 g/mol. The van der Waals surface area contributed by atoms with E-state index in [1.165, 1.54) is 0 Å². The molecule has 0 fully saturated rings. The highest BCUT2D eigenvalue weighted by Crippen LogP contribution is 2.36. The third-order valence-electron chi connectivity index (χ3n) is 2.37. The lowest BCUT2D eigenvalue weighted by Crippen LogP contribution is -1.97. The minimum atomic E-state index is 0.622. The van der Waals surface area contributed by atoms with Gasteiger partial charge >= 0.3 is 0 Å². The fourth-order valence-corrected chi connectivity index (χ4v) is 2.22. The van der Waals surface area contributed by atoms with Crippen LogP contribution in [0.4, 0.5) is 0 Å². The Morgan fingerprint density at radius 1 is 1.06 bits per heavy atom. The number of hydrogen-bond donors (Lipinski definition) is 0. The number of hydrogen-bond acceptors (Lipinski definition) is 3. The summed E-state index contributed by atoms with van der Waals surface area (Å²) in [4.78, 5) is 4.37. The van der Waals surface area contributed by atoms with Crippen molar-refractivity contribution >= 4 is 26.8 Å². The van der Waals surface area contributed by atoms with Crippen molar-refractivity contribution < 1.29 is 9.47 Å². The second-order valence-corrected chi connectivity index (χ2v) is 4.30. The van der Waals surface area contributed by atoms with Crippen LogP contribution >= 0.6 is 15.9 Å². The van der Waals surface area contributed by atoms with Gasteiger partial charge in [0.1, 0.15) is 17.0 Å². The summed E-state index contributed by atoms with van der Waals surface area (Å²) >= 11 is 3.53. The first-order valence-corrected chi connectivity index (χ1v) is 6.40. The van der Waals surface area contributed by atoms with Crippen LogP contribution in [0.2, 0.25) is 0 Å². The highest BCUT2D eigenvalue weighted by Gasteiger charge is 2.11. The molecule has 0 aliphatic carbocycles. The lowest BCUT2D eigenvalue weighted by atomic mass is 10.2. The van der Waals surface area contributed by atoms with Crippen molar-refractivity contribution in [3.63, 3.8) is 0 Å². The summed E-state index contributed by atoms with van der Waals surface area (Å²) in [5.74, 6) is 1.61. The molecule has 0 bridgehead atoms. The number of rotatable bonds is 4. The van der Waals surface area contributed by atoms with E-state index in [2.05, 4.69) is 20.9 Å². The number of ether oxygens (including phenoxy) is 2. The molecule has 0 amide bonds. The summed E-state index contributed by atoms with van der Waals surface area (Å²) < 4.78 is 12.1. The SMILES string of the molecule is CCOc1ccc(OCC)c2c(Br)ccnc12. The normalized spacial score (nSPS) is 10.5. The average Bonchev–Trinajstić information content (AvgIpc) is 2.33. The molecular weight excluding hydrogens is 282 g/mol. The van der Waals surface area contributed by atoms with E-state index in [1.54, 1.807) is 6.20 Å². The van der Waals surface area contributed by atoms with Gasteiger partial charge in [0.2, 0.25) is 0 Å². The zero-order chi connectivity index (χ0) is 12.3. The molecule has 17 heavy (non-hydrogen) atoms. The van der Waals surface area contributed by atoms with Crippen LogP contribution in [0.1, 0.15) is 13.8 Å². The minimum Gasteiger partial charge on any atom is -0.493 e. The van der Waals surface area contributed by atoms with E-state index in [0.29, 0.717) is 13.2 Å². The standard InChI is InChI=1S/C13H14BrNO2/c1-3-16-10-5-6-11(17-4-2)13-12(10)9(14)7-8-15-13/h5-8H,3-4H2,1-2H3. The summed E-state index contributed by atoms with van der Waals surface area (Å²) in [6, 6.07) is 5.72. The Morgan fingerprint density at radius 3 is 2.41 bits per heavy atom. The number of pyridine rings is 1. The maximum absolute atomic E-state index is 5.61. The quantitative estimate of drug-likeness (QED) is 0.860. The Morgan fingerprint density at radius 2 is 1.71 bits per heavy atom. The van der Waals surface area contributed by atoms with E-state index in [4.69, 9.17) is 9.47 Å². The van der Waals surface area contributed by atoms with Gasteiger partial charge in [0, 0.05) is 10.7 Å². The Kier molecular flexibility index (Phi) is 3.84. The van der Waals surface area contributed by atoms with Gasteiger partial charge in [-0.05, 0) is 48.0 Å². The number of fused-ring (bicyclic) bond motifs is 1. The summed E-state index contributed by atoms with van der Waals surface area (Å²) in [7, 11) is 0. The molecule has 0 unspecified atom stereocenters. The maximum Gasteiger partial charge on any atom is 0.145 e. The summed E-state index contributed by atoms with van der Waals surface area (Å²) in [5.41, 5.74) is 0.826. The van der Waals surface area contributed by atoms with E-state index in [1.807, 2.05) is 32.0 Å². The lowest BCUT2D eigenvalue weighted by molar-refractivity contribution is 0.336. The van der Waals surface area contributed by atoms with Crippen molar-refractivity contribution in [2.75, 3.05) is 13.2 Å². The molecule has 1 aromatic heterocycles. The van der Waals surface area contributed by atoms with Crippen molar-refractivity contribution in [1.82, 2.24) is 4.98 Å². The first kappa shape index (κ1) is 12.2. The molecule has 0 saturated heterocycles. The summed E-state index contributed by atoms with van der Waals surface area (Å²) in [6.45, 7) is 5.18. The summed E-state index contributed by atoms with van der Waals surface area (Å²) in [5, 5.41) is 0.959. The molecule has 2 rings (SSSR count). The first-order chi connectivity index (χ1) is 8.27. The molecule has 0 spiro atoms. The topological polar surface area (TPSA) is 31.4 Å². The van der Waals surface area contributed by atoms with Gasteiger partial charge in [-0.25, -0.2) is 0 Å². The molecule has 0 N–H and O–H groups in total. The number of halogens is 1. The first-order valence-electron chi connectivity index (χ1n) is 5.60. The van der Waals surface area contributed by atoms with Crippen LogP contribution < -0.4 is 9.47 Å². The molecule has 3 nitrogen and oxygen atoms in total. The van der Waals surface area contributed by atoms with Crippen LogP contribution in [0.25, 0.3) is 10.9 Å². The number of aromatic nitrogens is 1. The van der Waals surface area contributed by atoms with Gasteiger partial charge in [0.15, 0.2) is 0 Å². The summed E-state index contributed by atoms with van der Waals surface area (Å²) in [6.07, 6.45) is 1.75. The highest BCUT2D eigenvalue weighted by atomic mass is 79.9. The predicted molar refractivity (Wildman–Crippen MR) is 71.8 cm³/mol. The van der Waals surface area contributed by atoms with Gasteiger partial charge in [-0.3, -0.25) is 4.98 Å². The van der Waals surface area contributed by atoms with Gasteiger partial charge < -0.3 is 9.47 Å². The second kappa shape index (κ2) is 5.36. The zero-order valence-corrected chi connectivity index (χ0v) is 11.5. The Hall–Kier alpha value is -1.29. The molecule has 90 valence electrons. The fourth-order valence-electron chi connectivity index (χ4n) is 1.72. The maximum atomic E-state index is 5.61. The fraction of sp³-hybridized carbons (Fsp3) is 0.308. The van der Waals surface area contributed by atoms with Crippen molar-refractivity contribution in [2.24, 2.45) is 0 Å². The van der Waals surface area contributed by atoms with E-state index in [0.717, 1.165) is 26.9 Å². The van der Waals surface area contributed by atoms with Gasteiger partial charge in [0.25, 0.3) is 0 Å². The van der Waals surface area contributed by atoms with Crippen LogP contribution in [-0.4, -0.2) is 18.2 Å². The Balaban J connectivity index is 2.67. The van der Waals surface area contributed by atoms with E-state index in [-0.39, 0.29) is 0 Å². The lowest BCUT2D eigenvalue weighted by Gasteiger charge is -2.12. The highest BCUT2D eigenvalue weighted by molar-refractivity contribution is 9.10. The third-order valence-corrected chi connectivity index (χ3v) is 3.03. The molecule has 0 aliphatic rings. The molecule has 0 atom stereocenters. The molecular formula is C13H14BrNO2. The molecule has 1 heterocycles. The van der Waals surface area contributed by atoms with E-state index >= 15 is 0 Å². The van der Waals surface area contributed by atoms with Crippen LogP contribution in [0.15, 0.2) is 28.9 Å². The largest absolute Gasteiger partial charge is 0.493 e. The van der Waals surface area contributed by atoms with E-state index < -0.39 is 0 Å². The second-order valence-electron chi connectivity index (χ2n) is 3.44. The minimum absolute atomic E-state index is 0.622. The van der Waals surface area contributed by atoms with Crippen LogP contribution in [0.5, 0.6) is 11.5 Å². The van der Waals surface area contributed by atoms with Gasteiger partial charge in [-0.15, -0.1) is 0 Å². The number of benzene rings is 1. The Bertz CT molecular complexity index is 528. The predicted octanol–water partition coefficient (Wildman–Crippen LogP) is 3.79. The van der Waals surface area contributed by atoms with Gasteiger partial charge in [-0.2, -0.15) is 0 Å². The van der Waals surface area contributed by atoms with Crippen LogP contribution in [0.3, 0.4) is 0 Å². The molecule has 0 radical (unpaired) electrons. The monoisotopic (exact) mass is 295 g/mol. The molecule has 0 aliphatic heterocycles. The number of nitrogens with zero attached hydrogens (tertiary/aromatic N) is 1.